The van der Waals surface area contributed by atoms with Crippen LogP contribution in [0.5, 0.6) is 5.75 Å². The Bertz CT molecular complexity index is 606. The van der Waals surface area contributed by atoms with Gasteiger partial charge in [0.25, 0.3) is 0 Å². The molecule has 0 heterocycles. The molecular formula is C14H12BrClFNO. The molecule has 2 nitrogen and oxygen atoms in total. The Kier molecular flexibility index (Phi) is 4.45. The lowest BCUT2D eigenvalue weighted by molar-refractivity contribution is 0.407. The van der Waals surface area contributed by atoms with Crippen LogP contribution in [0.15, 0.2) is 40.9 Å². The quantitative estimate of drug-likeness (QED) is 0.901. The Morgan fingerprint density at radius 2 is 1.95 bits per heavy atom. The third-order valence-electron chi connectivity index (χ3n) is 2.82. The second-order valence-electron chi connectivity index (χ2n) is 4.03. The maximum atomic E-state index is 13.1. The average molecular weight is 345 g/mol. The normalized spacial score (nSPS) is 12.3. The fraction of sp³-hybridized carbons (Fsp3) is 0.143. The molecule has 0 aliphatic rings. The molecule has 0 saturated carbocycles. The molecule has 2 rings (SSSR count). The third kappa shape index (κ3) is 3.08. The van der Waals surface area contributed by atoms with E-state index in [4.69, 9.17) is 22.1 Å². The maximum absolute atomic E-state index is 13.1. The summed E-state index contributed by atoms with van der Waals surface area (Å²) < 4.78 is 19.2. The predicted molar refractivity (Wildman–Crippen MR) is 78.1 cm³/mol. The number of ether oxygens (including phenoxy) is 1. The first kappa shape index (κ1) is 14.3. The summed E-state index contributed by atoms with van der Waals surface area (Å²) in [5.41, 5.74) is 7.64. The molecule has 0 radical (unpaired) electrons. The van der Waals surface area contributed by atoms with Crippen LogP contribution in [0.1, 0.15) is 17.2 Å². The van der Waals surface area contributed by atoms with Crippen LogP contribution in [0.4, 0.5) is 4.39 Å². The first-order chi connectivity index (χ1) is 9.02. The molecule has 1 atom stereocenters. The van der Waals surface area contributed by atoms with Crippen LogP contribution in [-0.2, 0) is 0 Å². The van der Waals surface area contributed by atoms with Crippen LogP contribution in [0, 0.1) is 5.82 Å². The van der Waals surface area contributed by atoms with Gasteiger partial charge in [0, 0.05) is 15.1 Å². The van der Waals surface area contributed by atoms with Gasteiger partial charge in [0.15, 0.2) is 0 Å². The predicted octanol–water partition coefficient (Wildman–Crippen LogP) is 4.30. The smallest absolute Gasteiger partial charge is 0.124 e. The van der Waals surface area contributed by atoms with Crippen molar-refractivity contribution in [3.8, 4) is 5.75 Å². The first-order valence-corrected chi connectivity index (χ1v) is 6.74. The van der Waals surface area contributed by atoms with Crippen LogP contribution >= 0.6 is 27.5 Å². The second-order valence-corrected chi connectivity index (χ2v) is 5.35. The zero-order valence-corrected chi connectivity index (χ0v) is 12.5. The number of hydrogen-bond acceptors (Lipinski definition) is 2. The first-order valence-electron chi connectivity index (χ1n) is 5.57. The van der Waals surface area contributed by atoms with Gasteiger partial charge in [-0.3, -0.25) is 0 Å². The van der Waals surface area contributed by atoms with E-state index in [1.807, 2.05) is 18.2 Å². The van der Waals surface area contributed by atoms with Gasteiger partial charge < -0.3 is 10.5 Å². The van der Waals surface area contributed by atoms with Gasteiger partial charge in [-0.25, -0.2) is 4.39 Å². The van der Waals surface area contributed by atoms with Crippen molar-refractivity contribution in [2.24, 2.45) is 5.73 Å². The van der Waals surface area contributed by atoms with Gasteiger partial charge in [-0.2, -0.15) is 0 Å². The third-order valence-corrected chi connectivity index (χ3v) is 3.64. The number of halogens is 3. The van der Waals surface area contributed by atoms with E-state index < -0.39 is 6.04 Å². The standard InChI is InChI=1S/C14H12BrClFNO/c1-19-13-5-2-8(15)6-11(13)14(18)10-4-3-9(17)7-12(10)16/h2-7,14H,18H2,1H3. The van der Waals surface area contributed by atoms with Gasteiger partial charge in [-0.1, -0.05) is 33.6 Å². The van der Waals surface area contributed by atoms with E-state index in [0.29, 0.717) is 16.3 Å². The molecule has 5 heteroatoms. The van der Waals surface area contributed by atoms with Crippen LogP contribution in [0.3, 0.4) is 0 Å². The van der Waals surface area contributed by atoms with Crippen molar-refractivity contribution in [1.29, 1.82) is 0 Å². The Balaban J connectivity index is 2.49. The highest BCUT2D eigenvalue weighted by atomic mass is 79.9. The molecular weight excluding hydrogens is 333 g/mol. The molecule has 0 aliphatic heterocycles. The summed E-state index contributed by atoms with van der Waals surface area (Å²) in [7, 11) is 1.58. The molecule has 2 aromatic carbocycles. The number of rotatable bonds is 3. The lowest BCUT2D eigenvalue weighted by Gasteiger charge is -2.17. The minimum Gasteiger partial charge on any atom is -0.496 e. The highest BCUT2D eigenvalue weighted by Gasteiger charge is 2.17. The maximum Gasteiger partial charge on any atom is 0.124 e. The van der Waals surface area contributed by atoms with Gasteiger partial charge in [0.2, 0.25) is 0 Å². The fourth-order valence-electron chi connectivity index (χ4n) is 1.87. The van der Waals surface area contributed by atoms with E-state index in [1.54, 1.807) is 13.2 Å². The highest BCUT2D eigenvalue weighted by molar-refractivity contribution is 9.10. The number of methoxy groups -OCH3 is 1. The highest BCUT2D eigenvalue weighted by Crippen LogP contribution is 2.33. The van der Waals surface area contributed by atoms with Gasteiger partial charge in [-0.05, 0) is 35.9 Å². The summed E-state index contributed by atoms with van der Waals surface area (Å²) in [4.78, 5) is 0. The van der Waals surface area contributed by atoms with Crippen molar-refractivity contribution < 1.29 is 9.13 Å². The van der Waals surface area contributed by atoms with Gasteiger partial charge in [-0.15, -0.1) is 0 Å². The SMILES string of the molecule is COc1ccc(Br)cc1C(N)c1ccc(F)cc1Cl. The molecule has 0 bridgehead atoms. The molecule has 1 unspecified atom stereocenters. The van der Waals surface area contributed by atoms with Crippen molar-refractivity contribution in [2.45, 2.75) is 6.04 Å². The van der Waals surface area contributed by atoms with E-state index in [0.717, 1.165) is 10.0 Å². The van der Waals surface area contributed by atoms with Crippen LogP contribution in [-0.4, -0.2) is 7.11 Å². The minimum absolute atomic E-state index is 0.300. The van der Waals surface area contributed by atoms with Gasteiger partial charge in [0.05, 0.1) is 13.2 Å². The Hall–Kier alpha value is -1.10. The Morgan fingerprint density at radius 3 is 2.58 bits per heavy atom. The summed E-state index contributed by atoms with van der Waals surface area (Å²) in [6.45, 7) is 0. The van der Waals surface area contributed by atoms with Crippen LogP contribution < -0.4 is 10.5 Å². The molecule has 0 aliphatic carbocycles. The summed E-state index contributed by atoms with van der Waals surface area (Å²) in [5.74, 6) is 0.276. The summed E-state index contributed by atoms with van der Waals surface area (Å²) in [5, 5.41) is 0.300. The summed E-state index contributed by atoms with van der Waals surface area (Å²) >= 11 is 9.43. The zero-order valence-electron chi connectivity index (χ0n) is 10.2. The molecule has 0 spiro atoms. The topological polar surface area (TPSA) is 35.2 Å². The van der Waals surface area contributed by atoms with E-state index in [-0.39, 0.29) is 5.82 Å². The van der Waals surface area contributed by atoms with Crippen LogP contribution in [0.25, 0.3) is 0 Å². The lowest BCUT2D eigenvalue weighted by atomic mass is 9.98. The largest absolute Gasteiger partial charge is 0.496 e. The fourth-order valence-corrected chi connectivity index (χ4v) is 2.53. The van der Waals surface area contributed by atoms with Crippen molar-refractivity contribution in [3.05, 3.63) is 62.8 Å². The van der Waals surface area contributed by atoms with Gasteiger partial charge in [0.1, 0.15) is 11.6 Å². The molecule has 0 saturated heterocycles. The zero-order chi connectivity index (χ0) is 14.0. The molecule has 0 fully saturated rings. The lowest BCUT2D eigenvalue weighted by Crippen LogP contribution is -2.13. The minimum atomic E-state index is -0.486. The monoisotopic (exact) mass is 343 g/mol. The molecule has 19 heavy (non-hydrogen) atoms. The van der Waals surface area contributed by atoms with E-state index in [1.165, 1.54) is 12.1 Å². The number of benzene rings is 2. The van der Waals surface area contributed by atoms with Crippen molar-refractivity contribution in [3.63, 3.8) is 0 Å². The van der Waals surface area contributed by atoms with E-state index >= 15 is 0 Å². The van der Waals surface area contributed by atoms with Crippen molar-refractivity contribution in [2.75, 3.05) is 7.11 Å². The molecule has 0 amide bonds. The average Bonchev–Trinajstić information content (AvgIpc) is 2.38. The van der Waals surface area contributed by atoms with Crippen molar-refractivity contribution >= 4 is 27.5 Å². The molecule has 100 valence electrons. The summed E-state index contributed by atoms with van der Waals surface area (Å²) in [6, 6.07) is 9.23. The van der Waals surface area contributed by atoms with Crippen molar-refractivity contribution in [1.82, 2.24) is 0 Å². The Morgan fingerprint density at radius 1 is 1.21 bits per heavy atom. The summed E-state index contributed by atoms with van der Waals surface area (Å²) in [6.07, 6.45) is 0. The Labute approximate surface area is 124 Å². The number of hydrogen-bond donors (Lipinski definition) is 1. The second kappa shape index (κ2) is 5.90. The van der Waals surface area contributed by atoms with Gasteiger partial charge >= 0.3 is 0 Å². The van der Waals surface area contributed by atoms with Crippen LogP contribution in [0.2, 0.25) is 5.02 Å². The molecule has 2 aromatic rings. The number of nitrogens with two attached hydrogens (primary N) is 1. The van der Waals surface area contributed by atoms with E-state index in [9.17, 15) is 4.39 Å². The molecule has 2 N–H and O–H groups in total. The molecule has 0 aromatic heterocycles. The van der Waals surface area contributed by atoms with E-state index in [2.05, 4.69) is 15.9 Å².